The van der Waals surface area contributed by atoms with Gasteiger partial charge in [0.15, 0.2) is 6.61 Å². The van der Waals surface area contributed by atoms with Gasteiger partial charge in [-0.2, -0.15) is 0 Å². The van der Waals surface area contributed by atoms with E-state index in [2.05, 4.69) is 5.32 Å². The normalized spacial score (nSPS) is 10.8. The molecule has 0 aromatic heterocycles. The Bertz CT molecular complexity index is 859. The summed E-state index contributed by atoms with van der Waals surface area (Å²) in [7, 11) is 0. The van der Waals surface area contributed by atoms with Gasteiger partial charge in [0.25, 0.3) is 5.69 Å². The zero-order valence-corrected chi connectivity index (χ0v) is 15.9. The molecule has 0 unspecified atom stereocenters. The predicted molar refractivity (Wildman–Crippen MR) is 103 cm³/mol. The van der Waals surface area contributed by atoms with Crippen LogP contribution >= 0.6 is 0 Å². The highest BCUT2D eigenvalue weighted by atomic mass is 16.6. The summed E-state index contributed by atoms with van der Waals surface area (Å²) in [6.07, 6.45) is 0. The van der Waals surface area contributed by atoms with Crippen LogP contribution in [0, 0.1) is 10.1 Å². The van der Waals surface area contributed by atoms with Gasteiger partial charge in [-0.25, -0.2) is 9.59 Å². The highest BCUT2D eigenvalue weighted by molar-refractivity contribution is 5.97. The van der Waals surface area contributed by atoms with Gasteiger partial charge in [-0.3, -0.25) is 10.1 Å². The number of esters is 2. The maximum absolute atomic E-state index is 12.4. The molecule has 0 aliphatic heterocycles. The zero-order chi connectivity index (χ0) is 20.7. The van der Waals surface area contributed by atoms with E-state index in [4.69, 9.17) is 9.47 Å². The lowest BCUT2D eigenvalue weighted by atomic mass is 10.1. The molecule has 0 aliphatic carbocycles. The number of anilines is 1. The van der Waals surface area contributed by atoms with Crippen molar-refractivity contribution >= 4 is 23.3 Å². The number of nitrogens with zero attached hydrogens (tertiary/aromatic N) is 1. The number of nitrogens with one attached hydrogen (secondary N) is 1. The average molecular weight is 386 g/mol. The lowest BCUT2D eigenvalue weighted by Crippen LogP contribution is -2.27. The Kier molecular flexibility index (Phi) is 6.70. The fourth-order valence-electron chi connectivity index (χ4n) is 2.34. The molecule has 0 atom stereocenters. The van der Waals surface area contributed by atoms with Gasteiger partial charge in [-0.1, -0.05) is 30.3 Å². The highest BCUT2D eigenvalue weighted by Gasteiger charge is 2.21. The van der Waals surface area contributed by atoms with Crippen molar-refractivity contribution in [1.82, 2.24) is 0 Å². The standard InChI is InChI=1S/C20H22N2O6/c1-20(2,3)28-18(23)13-27-19(24)16-11-15(22(25)26)9-10-17(16)21-12-14-7-5-4-6-8-14/h4-11,21H,12-13H2,1-3H3. The summed E-state index contributed by atoms with van der Waals surface area (Å²) in [5.41, 5.74) is 0.331. The van der Waals surface area contributed by atoms with Gasteiger partial charge >= 0.3 is 11.9 Å². The molecule has 0 heterocycles. The molecule has 0 spiro atoms. The SMILES string of the molecule is CC(C)(C)OC(=O)COC(=O)c1cc([N+](=O)[O-])ccc1NCc1ccccc1. The first kappa shape index (κ1) is 20.9. The molecular weight excluding hydrogens is 364 g/mol. The van der Waals surface area contributed by atoms with Crippen molar-refractivity contribution in [1.29, 1.82) is 0 Å². The van der Waals surface area contributed by atoms with Crippen LogP contribution < -0.4 is 5.32 Å². The third kappa shape index (κ3) is 6.39. The largest absolute Gasteiger partial charge is 0.457 e. The van der Waals surface area contributed by atoms with Crippen molar-refractivity contribution in [2.24, 2.45) is 0 Å². The third-order valence-electron chi connectivity index (χ3n) is 3.50. The molecule has 0 bridgehead atoms. The van der Waals surface area contributed by atoms with Gasteiger partial charge in [-0.05, 0) is 32.4 Å². The van der Waals surface area contributed by atoms with E-state index in [-0.39, 0.29) is 11.3 Å². The molecule has 0 aliphatic rings. The van der Waals surface area contributed by atoms with Crippen molar-refractivity contribution in [2.75, 3.05) is 11.9 Å². The summed E-state index contributed by atoms with van der Waals surface area (Å²) < 4.78 is 10.1. The summed E-state index contributed by atoms with van der Waals surface area (Å²) in [6.45, 7) is 4.90. The smallest absolute Gasteiger partial charge is 0.344 e. The van der Waals surface area contributed by atoms with Crippen molar-refractivity contribution in [3.63, 3.8) is 0 Å². The highest BCUT2D eigenvalue weighted by Crippen LogP contribution is 2.24. The molecule has 0 fully saturated rings. The van der Waals surface area contributed by atoms with Crippen molar-refractivity contribution in [3.05, 3.63) is 69.8 Å². The average Bonchev–Trinajstić information content (AvgIpc) is 2.63. The van der Waals surface area contributed by atoms with E-state index in [1.54, 1.807) is 20.8 Å². The minimum atomic E-state index is -0.856. The minimum absolute atomic E-state index is 0.0336. The summed E-state index contributed by atoms with van der Waals surface area (Å²) >= 11 is 0. The maximum atomic E-state index is 12.4. The Morgan fingerprint density at radius 1 is 1.11 bits per heavy atom. The number of hydrogen-bond acceptors (Lipinski definition) is 7. The van der Waals surface area contributed by atoms with Crippen molar-refractivity contribution in [3.8, 4) is 0 Å². The Morgan fingerprint density at radius 3 is 2.39 bits per heavy atom. The minimum Gasteiger partial charge on any atom is -0.457 e. The molecule has 8 nitrogen and oxygen atoms in total. The molecule has 2 aromatic rings. The first-order chi connectivity index (χ1) is 13.2. The molecule has 2 rings (SSSR count). The van der Waals surface area contributed by atoms with E-state index < -0.39 is 29.1 Å². The molecule has 8 heteroatoms. The second kappa shape index (κ2) is 8.98. The quantitative estimate of drug-likeness (QED) is 0.439. The van der Waals surface area contributed by atoms with E-state index in [0.717, 1.165) is 11.6 Å². The monoisotopic (exact) mass is 386 g/mol. The van der Waals surface area contributed by atoms with E-state index in [1.807, 2.05) is 30.3 Å². The Morgan fingerprint density at radius 2 is 1.79 bits per heavy atom. The summed E-state index contributed by atoms with van der Waals surface area (Å²) in [4.78, 5) is 34.6. The zero-order valence-electron chi connectivity index (χ0n) is 15.9. The molecule has 0 saturated carbocycles. The number of carbonyl (C=O) groups excluding carboxylic acids is 2. The van der Waals surface area contributed by atoms with Gasteiger partial charge in [0.1, 0.15) is 5.60 Å². The first-order valence-corrected chi connectivity index (χ1v) is 8.61. The van der Waals surface area contributed by atoms with Crippen LogP contribution in [0.5, 0.6) is 0 Å². The molecule has 28 heavy (non-hydrogen) atoms. The predicted octanol–water partition coefficient (Wildman–Crippen LogP) is 3.71. The number of ether oxygens (including phenoxy) is 2. The topological polar surface area (TPSA) is 108 Å². The van der Waals surface area contributed by atoms with Crippen molar-refractivity contribution < 1.29 is 24.0 Å². The number of non-ortho nitro benzene ring substituents is 1. The van der Waals surface area contributed by atoms with Gasteiger partial charge < -0.3 is 14.8 Å². The second-order valence-corrected chi connectivity index (χ2v) is 6.99. The molecule has 0 radical (unpaired) electrons. The molecular formula is C20H22N2O6. The Labute approximate surface area is 162 Å². The second-order valence-electron chi connectivity index (χ2n) is 6.99. The van der Waals surface area contributed by atoms with E-state index in [0.29, 0.717) is 12.2 Å². The van der Waals surface area contributed by atoms with E-state index >= 15 is 0 Å². The van der Waals surface area contributed by atoms with Crippen LogP contribution in [0.2, 0.25) is 0 Å². The van der Waals surface area contributed by atoms with E-state index in [1.165, 1.54) is 12.1 Å². The van der Waals surface area contributed by atoms with Crippen LogP contribution in [-0.4, -0.2) is 29.1 Å². The molecule has 1 N–H and O–H groups in total. The summed E-state index contributed by atoms with van der Waals surface area (Å²) in [5.74, 6) is -1.56. The molecule has 2 aromatic carbocycles. The van der Waals surface area contributed by atoms with Crippen LogP contribution in [-0.2, 0) is 20.8 Å². The van der Waals surface area contributed by atoms with Gasteiger partial charge in [-0.15, -0.1) is 0 Å². The van der Waals surface area contributed by atoms with Crippen LogP contribution in [0.4, 0.5) is 11.4 Å². The fraction of sp³-hybridized carbons (Fsp3) is 0.300. The Hall–Kier alpha value is -3.42. The Balaban J connectivity index is 2.14. The maximum Gasteiger partial charge on any atom is 0.344 e. The number of nitro groups is 1. The van der Waals surface area contributed by atoms with Crippen molar-refractivity contribution in [2.45, 2.75) is 32.9 Å². The lowest BCUT2D eigenvalue weighted by Gasteiger charge is -2.19. The van der Waals surface area contributed by atoms with Gasteiger partial charge in [0.2, 0.25) is 0 Å². The first-order valence-electron chi connectivity index (χ1n) is 8.61. The van der Waals surface area contributed by atoms with Crippen LogP contribution in [0.3, 0.4) is 0 Å². The number of hydrogen-bond donors (Lipinski definition) is 1. The summed E-state index contributed by atoms with van der Waals surface area (Å²) in [5, 5.41) is 14.1. The number of benzene rings is 2. The molecule has 148 valence electrons. The number of rotatable bonds is 7. The third-order valence-corrected chi connectivity index (χ3v) is 3.50. The molecule has 0 amide bonds. The van der Waals surface area contributed by atoms with Crippen LogP contribution in [0.1, 0.15) is 36.7 Å². The lowest BCUT2D eigenvalue weighted by molar-refractivity contribution is -0.384. The summed E-state index contributed by atoms with van der Waals surface area (Å²) in [6, 6.07) is 13.3. The fourth-order valence-corrected chi connectivity index (χ4v) is 2.34. The van der Waals surface area contributed by atoms with Gasteiger partial charge in [0, 0.05) is 24.4 Å². The number of nitro benzene ring substituents is 1. The number of carbonyl (C=O) groups is 2. The van der Waals surface area contributed by atoms with Crippen LogP contribution in [0.25, 0.3) is 0 Å². The van der Waals surface area contributed by atoms with Crippen LogP contribution in [0.15, 0.2) is 48.5 Å². The van der Waals surface area contributed by atoms with Gasteiger partial charge in [0.05, 0.1) is 10.5 Å². The van der Waals surface area contributed by atoms with E-state index in [9.17, 15) is 19.7 Å². The molecule has 0 saturated heterocycles.